The first-order valence-electron chi connectivity index (χ1n) is 14.2. The number of halogens is 1. The fourth-order valence-electron chi connectivity index (χ4n) is 5.26. The molecule has 1 aliphatic carbocycles. The molecule has 1 amide bonds. The molecule has 43 heavy (non-hydrogen) atoms. The minimum absolute atomic E-state index is 0. The number of ether oxygens (including phenoxy) is 1. The van der Waals surface area contributed by atoms with Gasteiger partial charge in [0.25, 0.3) is 0 Å². The molecule has 7 nitrogen and oxygen atoms in total. The van der Waals surface area contributed by atoms with Crippen LogP contribution in [0.3, 0.4) is 0 Å². The molecule has 2 aromatic rings. The number of amides is 1. The summed E-state index contributed by atoms with van der Waals surface area (Å²) in [6.45, 7) is 13.9. The van der Waals surface area contributed by atoms with E-state index in [-0.39, 0.29) is 37.0 Å². The van der Waals surface area contributed by atoms with Crippen LogP contribution in [0.1, 0.15) is 47.2 Å². The van der Waals surface area contributed by atoms with Crippen LogP contribution in [0.5, 0.6) is 0 Å². The predicted molar refractivity (Wildman–Crippen MR) is 170 cm³/mol. The second-order valence-corrected chi connectivity index (χ2v) is 11.5. The van der Waals surface area contributed by atoms with Crippen LogP contribution in [0.25, 0.3) is 0 Å². The first kappa shape index (κ1) is 34.6. The molecule has 4 rings (SSSR count). The van der Waals surface area contributed by atoms with E-state index < -0.39 is 12.0 Å². The van der Waals surface area contributed by atoms with Crippen LogP contribution in [0.15, 0.2) is 87.1 Å². The number of benzene rings is 2. The van der Waals surface area contributed by atoms with Crippen molar-refractivity contribution in [3.63, 3.8) is 0 Å². The molecule has 1 unspecified atom stereocenters. The summed E-state index contributed by atoms with van der Waals surface area (Å²) in [6.07, 6.45) is 7.06. The zero-order valence-corrected chi connectivity index (χ0v) is 26.1. The van der Waals surface area contributed by atoms with Crippen molar-refractivity contribution in [3.05, 3.63) is 105 Å². The van der Waals surface area contributed by atoms with Gasteiger partial charge in [0.2, 0.25) is 5.91 Å². The molecule has 0 radical (unpaired) electrons. The SMILES string of the molecule is [CH-]=NC1=C(C(=[CH-])NCCc2ccc(Br)cc2)C=CCC1CC[C@H]1C[C@H](O)[C@@H](CNCC#Cc2cccc(C(N)=O)c2)O1.[Li+]. The maximum Gasteiger partial charge on any atom is 1.00 e. The van der Waals surface area contributed by atoms with E-state index in [2.05, 4.69) is 61.6 Å². The number of carbonyl (C=O) groups is 1. The van der Waals surface area contributed by atoms with E-state index in [4.69, 9.17) is 23.8 Å². The molecule has 2 aromatic carbocycles. The van der Waals surface area contributed by atoms with Gasteiger partial charge in [0.05, 0.1) is 24.9 Å². The Balaban J connectivity index is 0.00000506. The summed E-state index contributed by atoms with van der Waals surface area (Å²) >= 11 is 3.46. The molecular weight excluding hydrogens is 599 g/mol. The Morgan fingerprint density at radius 2 is 2.00 bits per heavy atom. The summed E-state index contributed by atoms with van der Waals surface area (Å²) < 4.78 is 7.22. The zero-order valence-electron chi connectivity index (χ0n) is 24.6. The van der Waals surface area contributed by atoms with Crippen LogP contribution in [-0.2, 0) is 11.2 Å². The van der Waals surface area contributed by atoms with E-state index in [9.17, 15) is 9.90 Å². The topological polar surface area (TPSA) is 109 Å². The first-order chi connectivity index (χ1) is 20.3. The molecule has 0 spiro atoms. The minimum atomic E-state index is -0.544. The number of carbonyl (C=O) groups excluding carboxylic acids is 1. The number of primary amides is 1. The van der Waals surface area contributed by atoms with Crippen molar-refractivity contribution >= 4 is 28.6 Å². The van der Waals surface area contributed by atoms with E-state index in [1.807, 2.05) is 24.3 Å². The summed E-state index contributed by atoms with van der Waals surface area (Å²) in [4.78, 5) is 15.4. The summed E-state index contributed by atoms with van der Waals surface area (Å²) in [5, 5.41) is 17.1. The van der Waals surface area contributed by atoms with Crippen molar-refractivity contribution in [2.24, 2.45) is 16.6 Å². The van der Waals surface area contributed by atoms with Crippen molar-refractivity contribution in [2.75, 3.05) is 19.6 Å². The fraction of sp³-hybridized carbons (Fsp3) is 0.353. The number of aliphatic imine (C=N–C) groups is 1. The number of nitrogens with one attached hydrogen (secondary N) is 2. The standard InChI is InChI=1S/C34H37BrN4O3.Li/c1-23(39-19-17-24-11-14-28(35)15-12-24)30-10-4-8-26(33(30)37-2)13-16-29-21-31(40)32(42-29)22-38-18-5-7-25-6-3-9-27(20-25)34(36)41;/h1-4,6,9-12,14-15,20,26,29,31-32,38-40H,8,13,16-19,21-22H2,(H2,36,41);/q-2;+1/t26?,29-,31-,32+;/m0./s1. The van der Waals surface area contributed by atoms with E-state index in [0.717, 1.165) is 47.0 Å². The number of aliphatic hydroxyl groups excluding tert-OH is 1. The third-order valence-corrected chi connectivity index (χ3v) is 8.04. The molecule has 1 aliphatic heterocycles. The average Bonchev–Trinajstić information content (AvgIpc) is 3.35. The Labute approximate surface area is 275 Å². The van der Waals surface area contributed by atoms with E-state index in [1.54, 1.807) is 18.2 Å². The van der Waals surface area contributed by atoms with Crippen LogP contribution >= 0.6 is 15.9 Å². The van der Waals surface area contributed by atoms with Crippen molar-refractivity contribution in [1.82, 2.24) is 10.6 Å². The van der Waals surface area contributed by atoms with Crippen molar-refractivity contribution in [3.8, 4) is 11.8 Å². The van der Waals surface area contributed by atoms with Gasteiger partial charge in [0, 0.05) is 35.1 Å². The minimum Gasteiger partial charge on any atom is -0.481 e. The number of hydrogen-bond acceptors (Lipinski definition) is 6. The molecule has 5 N–H and O–H groups in total. The van der Waals surface area contributed by atoms with Gasteiger partial charge in [-0.05, 0) is 55.2 Å². The maximum atomic E-state index is 11.3. The monoisotopic (exact) mass is 635 g/mol. The molecule has 1 heterocycles. The van der Waals surface area contributed by atoms with E-state index in [0.29, 0.717) is 37.3 Å². The van der Waals surface area contributed by atoms with Crippen LogP contribution in [0.4, 0.5) is 0 Å². The third kappa shape index (κ3) is 10.4. The molecule has 1 saturated heterocycles. The zero-order chi connectivity index (χ0) is 29.9. The Morgan fingerprint density at radius 1 is 1.21 bits per heavy atom. The van der Waals surface area contributed by atoms with Gasteiger partial charge in [-0.2, -0.15) is 24.2 Å². The van der Waals surface area contributed by atoms with Crippen LogP contribution in [-0.4, -0.2) is 55.7 Å². The average molecular weight is 637 g/mol. The largest absolute Gasteiger partial charge is 1.00 e. The Hall–Kier alpha value is -2.88. The van der Waals surface area contributed by atoms with Gasteiger partial charge >= 0.3 is 18.9 Å². The van der Waals surface area contributed by atoms with Gasteiger partial charge in [-0.3, -0.25) is 11.4 Å². The molecule has 2 aliphatic rings. The van der Waals surface area contributed by atoms with Gasteiger partial charge < -0.3 is 31.2 Å². The van der Waals surface area contributed by atoms with Gasteiger partial charge in [0.15, 0.2) is 0 Å². The Morgan fingerprint density at radius 3 is 2.74 bits per heavy atom. The second kappa shape index (κ2) is 17.4. The summed E-state index contributed by atoms with van der Waals surface area (Å²) in [6, 6.07) is 15.1. The molecule has 9 heteroatoms. The number of allylic oxidation sites excluding steroid dienone is 3. The van der Waals surface area contributed by atoms with Gasteiger partial charge in [-0.15, -0.1) is 6.08 Å². The van der Waals surface area contributed by atoms with Crippen molar-refractivity contribution in [2.45, 2.75) is 50.4 Å². The molecule has 0 bridgehead atoms. The van der Waals surface area contributed by atoms with Gasteiger partial charge in [-0.1, -0.05) is 58.3 Å². The fourth-order valence-corrected chi connectivity index (χ4v) is 5.52. The molecule has 220 valence electrons. The molecular formula is C34H37BrLiN4O3-. The van der Waals surface area contributed by atoms with Crippen molar-refractivity contribution < 1.29 is 33.5 Å². The summed E-state index contributed by atoms with van der Waals surface area (Å²) in [5.41, 5.74) is 9.89. The van der Waals surface area contributed by atoms with Crippen LogP contribution in [0, 0.1) is 24.3 Å². The Bertz CT molecular complexity index is 1400. The number of nitrogens with two attached hydrogens (primary N) is 1. The van der Waals surface area contributed by atoms with Crippen molar-refractivity contribution in [1.29, 1.82) is 0 Å². The van der Waals surface area contributed by atoms with Gasteiger partial charge in [0.1, 0.15) is 0 Å². The number of hydrogen-bond donors (Lipinski definition) is 4. The number of nitrogens with zero attached hydrogens (tertiary/aromatic N) is 1. The smallest absolute Gasteiger partial charge is 0.481 e. The first-order valence-corrected chi connectivity index (χ1v) is 15.0. The van der Waals surface area contributed by atoms with Gasteiger partial charge in [-0.25, -0.2) is 5.57 Å². The molecule has 0 aromatic heterocycles. The third-order valence-electron chi connectivity index (χ3n) is 7.52. The van der Waals surface area contributed by atoms with E-state index >= 15 is 0 Å². The maximum absolute atomic E-state index is 11.3. The predicted octanol–water partition coefficient (Wildman–Crippen LogP) is 1.35. The molecule has 4 atom stereocenters. The van der Waals surface area contributed by atoms with Crippen LogP contribution in [0.2, 0.25) is 0 Å². The summed E-state index contributed by atoms with van der Waals surface area (Å²) in [5.74, 6) is 5.69. The number of aliphatic hydroxyl groups is 1. The normalized spacial score (nSPS) is 21.0. The Kier molecular flexibility index (Phi) is 14.0. The summed E-state index contributed by atoms with van der Waals surface area (Å²) in [7, 11) is 0. The molecule has 0 saturated carbocycles. The second-order valence-electron chi connectivity index (χ2n) is 10.5. The van der Waals surface area contributed by atoms with E-state index in [1.165, 1.54) is 5.56 Å². The van der Waals surface area contributed by atoms with Crippen LogP contribution < -0.4 is 35.2 Å². The number of rotatable bonds is 13. The molecule has 1 fully saturated rings. The quantitative estimate of drug-likeness (QED) is 0.0874.